The van der Waals surface area contributed by atoms with Gasteiger partial charge in [-0.1, -0.05) is 78.4 Å². The maximum absolute atomic E-state index is 12.7. The summed E-state index contributed by atoms with van der Waals surface area (Å²) in [6.07, 6.45) is 0. The van der Waals surface area contributed by atoms with Gasteiger partial charge in [-0.2, -0.15) is 4.98 Å². The molecule has 0 aliphatic rings. The molecule has 0 radical (unpaired) electrons. The van der Waals surface area contributed by atoms with E-state index < -0.39 is 10.0 Å². The molecule has 0 aliphatic carbocycles. The topological polar surface area (TPSA) is 72.2 Å². The normalized spacial score (nSPS) is 11.3. The predicted molar refractivity (Wildman–Crippen MR) is 109 cm³/mol. The average Bonchev–Trinajstić information content (AvgIpc) is 3.13. The van der Waals surface area contributed by atoms with Gasteiger partial charge in [0.15, 0.2) is 5.76 Å². The van der Waals surface area contributed by atoms with Crippen LogP contribution in [-0.4, -0.2) is 13.4 Å². The highest BCUT2D eigenvalue weighted by atomic mass is 32.2. The summed E-state index contributed by atoms with van der Waals surface area (Å²) in [4.78, 5) is 4.58. The van der Waals surface area contributed by atoms with Crippen LogP contribution in [0, 0.1) is 6.92 Å². The Morgan fingerprint density at radius 2 is 1.36 bits per heavy atom. The van der Waals surface area contributed by atoms with Gasteiger partial charge in [0.2, 0.25) is 0 Å². The number of hydrogen-bond acceptors (Lipinski definition) is 4. The van der Waals surface area contributed by atoms with E-state index in [2.05, 4.69) is 9.71 Å². The SMILES string of the molecule is Cc1ccc(S(=O)(=O)Nc2nc(-c3ccccc3)c(-c3ccccc3)o2)cc1. The molecule has 0 amide bonds. The first-order valence-corrected chi connectivity index (χ1v) is 10.2. The number of aryl methyl sites for hydroxylation is 1. The van der Waals surface area contributed by atoms with Gasteiger partial charge in [0.25, 0.3) is 10.0 Å². The molecule has 0 unspecified atom stereocenters. The van der Waals surface area contributed by atoms with Crippen LogP contribution in [0.4, 0.5) is 6.01 Å². The van der Waals surface area contributed by atoms with Gasteiger partial charge in [-0.3, -0.25) is 0 Å². The fourth-order valence-electron chi connectivity index (χ4n) is 2.83. The van der Waals surface area contributed by atoms with E-state index >= 15 is 0 Å². The highest BCUT2D eigenvalue weighted by molar-refractivity contribution is 7.92. The molecule has 0 bridgehead atoms. The third-order valence-corrected chi connectivity index (χ3v) is 5.60. The molecule has 4 aromatic rings. The van der Waals surface area contributed by atoms with Crippen molar-refractivity contribution in [3.05, 3.63) is 90.5 Å². The van der Waals surface area contributed by atoms with Gasteiger partial charge in [-0.05, 0) is 19.1 Å². The van der Waals surface area contributed by atoms with Crippen LogP contribution < -0.4 is 4.72 Å². The third-order valence-electron chi connectivity index (χ3n) is 4.26. The van der Waals surface area contributed by atoms with Crippen LogP contribution >= 0.6 is 0 Å². The summed E-state index contributed by atoms with van der Waals surface area (Å²) in [6, 6.07) is 25.5. The molecule has 1 aromatic heterocycles. The maximum atomic E-state index is 12.7. The van der Waals surface area contributed by atoms with E-state index in [0.29, 0.717) is 11.5 Å². The average molecular weight is 390 g/mol. The first kappa shape index (κ1) is 18.0. The van der Waals surface area contributed by atoms with Crippen molar-refractivity contribution in [1.82, 2.24) is 4.98 Å². The van der Waals surface area contributed by atoms with E-state index in [4.69, 9.17) is 4.42 Å². The minimum Gasteiger partial charge on any atom is -0.422 e. The fourth-order valence-corrected chi connectivity index (χ4v) is 3.76. The maximum Gasteiger partial charge on any atom is 0.310 e. The lowest BCUT2D eigenvalue weighted by Crippen LogP contribution is -2.13. The molecule has 1 N–H and O–H groups in total. The van der Waals surface area contributed by atoms with Crippen molar-refractivity contribution >= 4 is 16.0 Å². The number of hydrogen-bond donors (Lipinski definition) is 1. The third kappa shape index (κ3) is 3.68. The molecule has 6 heteroatoms. The summed E-state index contributed by atoms with van der Waals surface area (Å²) < 4.78 is 33.7. The van der Waals surface area contributed by atoms with Crippen molar-refractivity contribution in [2.45, 2.75) is 11.8 Å². The number of benzene rings is 3. The Labute approximate surface area is 163 Å². The molecule has 0 saturated carbocycles. The summed E-state index contributed by atoms with van der Waals surface area (Å²) in [6.45, 7) is 1.90. The fraction of sp³-hybridized carbons (Fsp3) is 0.0455. The zero-order valence-electron chi connectivity index (χ0n) is 15.2. The van der Waals surface area contributed by atoms with Crippen molar-refractivity contribution in [2.75, 3.05) is 4.72 Å². The Bertz CT molecular complexity index is 1130. The van der Waals surface area contributed by atoms with Crippen LogP contribution in [0.3, 0.4) is 0 Å². The van der Waals surface area contributed by atoms with Gasteiger partial charge in [-0.25, -0.2) is 13.1 Å². The highest BCUT2D eigenvalue weighted by Crippen LogP contribution is 2.34. The number of oxazole rings is 1. The van der Waals surface area contributed by atoms with Crippen molar-refractivity contribution in [3.8, 4) is 22.6 Å². The molecule has 3 aromatic carbocycles. The van der Waals surface area contributed by atoms with Crippen molar-refractivity contribution in [1.29, 1.82) is 0 Å². The second-order valence-electron chi connectivity index (χ2n) is 6.35. The van der Waals surface area contributed by atoms with Crippen LogP contribution in [0.1, 0.15) is 5.56 Å². The minimum absolute atomic E-state index is 0.0710. The Hall–Kier alpha value is -3.38. The largest absolute Gasteiger partial charge is 0.422 e. The van der Waals surface area contributed by atoms with Gasteiger partial charge >= 0.3 is 6.01 Å². The van der Waals surface area contributed by atoms with Crippen molar-refractivity contribution in [2.24, 2.45) is 0 Å². The molecule has 0 spiro atoms. The molecule has 0 saturated heterocycles. The second kappa shape index (κ2) is 7.32. The molecule has 0 fully saturated rings. The van der Waals surface area contributed by atoms with E-state index in [-0.39, 0.29) is 10.9 Å². The number of aromatic nitrogens is 1. The van der Waals surface area contributed by atoms with Crippen LogP contribution in [-0.2, 0) is 10.0 Å². The Morgan fingerprint density at radius 3 is 1.96 bits per heavy atom. The number of rotatable bonds is 5. The van der Waals surface area contributed by atoms with E-state index in [1.54, 1.807) is 24.3 Å². The molecule has 28 heavy (non-hydrogen) atoms. The lowest BCUT2D eigenvalue weighted by molar-refractivity contribution is 0.580. The Morgan fingerprint density at radius 1 is 0.786 bits per heavy atom. The molecule has 1 heterocycles. The highest BCUT2D eigenvalue weighted by Gasteiger charge is 2.21. The lowest BCUT2D eigenvalue weighted by Gasteiger charge is -2.04. The number of nitrogens with one attached hydrogen (secondary N) is 1. The van der Waals surface area contributed by atoms with Gasteiger partial charge in [-0.15, -0.1) is 0 Å². The zero-order valence-corrected chi connectivity index (χ0v) is 16.0. The summed E-state index contributed by atoms with van der Waals surface area (Å²) in [5.74, 6) is 0.508. The van der Waals surface area contributed by atoms with Crippen molar-refractivity contribution < 1.29 is 12.8 Å². The quantitative estimate of drug-likeness (QED) is 0.513. The van der Waals surface area contributed by atoms with Crippen LogP contribution in [0.2, 0.25) is 0 Å². The Balaban J connectivity index is 1.76. The smallest absolute Gasteiger partial charge is 0.310 e. The first-order chi connectivity index (χ1) is 13.5. The molecular formula is C22H18N2O3S. The molecular weight excluding hydrogens is 372 g/mol. The molecule has 5 nitrogen and oxygen atoms in total. The molecule has 4 rings (SSSR count). The van der Waals surface area contributed by atoms with Gasteiger partial charge in [0, 0.05) is 11.1 Å². The van der Waals surface area contributed by atoms with Gasteiger partial charge in [0.1, 0.15) is 5.69 Å². The van der Waals surface area contributed by atoms with E-state index in [1.807, 2.05) is 67.6 Å². The number of anilines is 1. The first-order valence-electron chi connectivity index (χ1n) is 8.74. The summed E-state index contributed by atoms with van der Waals surface area (Å²) >= 11 is 0. The molecule has 0 aliphatic heterocycles. The van der Waals surface area contributed by atoms with Crippen molar-refractivity contribution in [3.63, 3.8) is 0 Å². The van der Waals surface area contributed by atoms with Crippen LogP contribution in [0.15, 0.2) is 94.2 Å². The zero-order chi connectivity index (χ0) is 19.6. The summed E-state index contributed by atoms with van der Waals surface area (Å²) in [7, 11) is -3.80. The van der Waals surface area contributed by atoms with Gasteiger partial charge in [0.05, 0.1) is 4.90 Å². The minimum atomic E-state index is -3.80. The van der Waals surface area contributed by atoms with Gasteiger partial charge < -0.3 is 4.42 Å². The second-order valence-corrected chi connectivity index (χ2v) is 8.03. The summed E-state index contributed by atoms with van der Waals surface area (Å²) in [5, 5.41) is 0. The van der Waals surface area contributed by atoms with Crippen LogP contribution in [0.5, 0.6) is 0 Å². The predicted octanol–water partition coefficient (Wildman–Crippen LogP) is 5.12. The number of nitrogens with zero attached hydrogens (tertiary/aromatic N) is 1. The monoisotopic (exact) mass is 390 g/mol. The van der Waals surface area contributed by atoms with E-state index in [0.717, 1.165) is 16.7 Å². The van der Waals surface area contributed by atoms with E-state index in [9.17, 15) is 8.42 Å². The molecule has 140 valence electrons. The molecule has 0 atom stereocenters. The number of sulfonamides is 1. The summed E-state index contributed by atoms with van der Waals surface area (Å²) in [5.41, 5.74) is 3.21. The van der Waals surface area contributed by atoms with E-state index in [1.165, 1.54) is 0 Å². The standard InChI is InChI=1S/C22H18N2O3S/c1-16-12-14-19(15-13-16)28(25,26)24-22-23-20(17-8-4-2-5-9-17)21(27-22)18-10-6-3-7-11-18/h2-15H,1H3,(H,23,24). The Kier molecular flexibility index (Phi) is 4.71. The lowest BCUT2D eigenvalue weighted by atomic mass is 10.1. The van der Waals surface area contributed by atoms with Crippen LogP contribution in [0.25, 0.3) is 22.6 Å².